The van der Waals surface area contributed by atoms with E-state index in [-0.39, 0.29) is 0 Å². The van der Waals surface area contributed by atoms with Crippen LogP contribution in [0, 0.1) is 0 Å². The van der Waals surface area contributed by atoms with Crippen molar-refractivity contribution < 1.29 is 0 Å². The fraction of sp³-hybridized carbons (Fsp3) is 0.455. The van der Waals surface area contributed by atoms with E-state index in [1.54, 1.807) is 6.20 Å². The number of hydrogen-bond acceptors (Lipinski definition) is 3. The maximum absolute atomic E-state index is 4.51. The summed E-state index contributed by atoms with van der Waals surface area (Å²) in [6.45, 7) is 1.14. The molecule has 1 aliphatic rings. The molecule has 5 heteroatoms. The van der Waals surface area contributed by atoms with E-state index in [2.05, 4.69) is 37.4 Å². The average Bonchev–Trinajstić information content (AvgIpc) is 2.86. The monoisotopic (exact) mass is 280 g/mol. The zero-order valence-electron chi connectivity index (χ0n) is 8.86. The first-order chi connectivity index (χ1) is 7.81. The van der Waals surface area contributed by atoms with Gasteiger partial charge in [0.25, 0.3) is 0 Å². The summed E-state index contributed by atoms with van der Waals surface area (Å²) in [4.78, 5) is 8.77. The molecule has 0 aromatic carbocycles. The lowest BCUT2D eigenvalue weighted by molar-refractivity contribution is 0.597. The van der Waals surface area contributed by atoms with Crippen LogP contribution in [0.5, 0.6) is 0 Å². The molecule has 0 spiro atoms. The van der Waals surface area contributed by atoms with Crippen LogP contribution in [0.3, 0.4) is 0 Å². The molecule has 0 radical (unpaired) electrons. The third-order valence-electron chi connectivity index (χ3n) is 2.95. The number of nitrogens with zero attached hydrogens (tertiary/aromatic N) is 3. The summed E-state index contributed by atoms with van der Waals surface area (Å²) in [7, 11) is 0. The van der Waals surface area contributed by atoms with E-state index < -0.39 is 0 Å². The Labute approximate surface area is 102 Å². The highest BCUT2D eigenvalue weighted by Gasteiger charge is 2.16. The molecule has 3 rings (SSSR count). The third-order valence-corrected chi connectivity index (χ3v) is 3.36. The second-order valence-corrected chi connectivity index (χ2v) is 5.12. The van der Waals surface area contributed by atoms with E-state index >= 15 is 0 Å². The van der Waals surface area contributed by atoms with Crippen molar-refractivity contribution in [3.05, 3.63) is 28.8 Å². The molecular weight excluding hydrogens is 268 g/mol. The van der Waals surface area contributed by atoms with Gasteiger partial charge in [-0.25, -0.2) is 9.97 Å². The molecule has 1 fully saturated rings. The Balaban J connectivity index is 1.86. The van der Waals surface area contributed by atoms with Gasteiger partial charge in [-0.15, -0.1) is 0 Å². The zero-order chi connectivity index (χ0) is 11.0. The van der Waals surface area contributed by atoms with Crippen LogP contribution in [-0.4, -0.2) is 27.0 Å². The second kappa shape index (κ2) is 4.14. The molecule has 1 unspecified atom stereocenters. The predicted molar refractivity (Wildman–Crippen MR) is 65.4 cm³/mol. The molecule has 1 atom stereocenters. The van der Waals surface area contributed by atoms with Crippen molar-refractivity contribution in [1.82, 2.24) is 19.7 Å². The van der Waals surface area contributed by atoms with Gasteiger partial charge < -0.3 is 5.32 Å². The van der Waals surface area contributed by atoms with Crippen molar-refractivity contribution in [2.75, 3.05) is 6.54 Å². The van der Waals surface area contributed by atoms with E-state index in [1.807, 2.05) is 10.6 Å². The van der Waals surface area contributed by atoms with Gasteiger partial charge in [-0.2, -0.15) is 0 Å². The summed E-state index contributed by atoms with van der Waals surface area (Å²) in [6.07, 6.45) is 9.36. The van der Waals surface area contributed by atoms with Crippen LogP contribution in [-0.2, 0) is 6.42 Å². The fourth-order valence-electron chi connectivity index (χ4n) is 2.19. The van der Waals surface area contributed by atoms with Crippen molar-refractivity contribution in [1.29, 1.82) is 0 Å². The number of aromatic nitrogens is 3. The quantitative estimate of drug-likeness (QED) is 0.912. The Hall–Kier alpha value is -0.940. The van der Waals surface area contributed by atoms with Gasteiger partial charge in [0.2, 0.25) is 5.78 Å². The Morgan fingerprint density at radius 1 is 1.50 bits per heavy atom. The molecule has 16 heavy (non-hydrogen) atoms. The maximum Gasteiger partial charge on any atom is 0.233 e. The van der Waals surface area contributed by atoms with Gasteiger partial charge in [0.1, 0.15) is 0 Å². The number of nitrogens with one attached hydrogen (secondary N) is 1. The van der Waals surface area contributed by atoms with Crippen LogP contribution < -0.4 is 5.32 Å². The van der Waals surface area contributed by atoms with Crippen molar-refractivity contribution in [2.24, 2.45) is 0 Å². The predicted octanol–water partition coefficient (Wildman–Crippen LogP) is 1.79. The molecule has 1 aliphatic heterocycles. The molecular formula is C11H13BrN4. The molecule has 0 bridgehead atoms. The summed E-state index contributed by atoms with van der Waals surface area (Å²) in [6, 6.07) is 0.591. The lowest BCUT2D eigenvalue weighted by Crippen LogP contribution is -2.23. The summed E-state index contributed by atoms with van der Waals surface area (Å²) < 4.78 is 2.94. The summed E-state index contributed by atoms with van der Waals surface area (Å²) in [5.74, 6) is 0.774. The van der Waals surface area contributed by atoms with E-state index in [4.69, 9.17) is 0 Å². The standard InChI is InChI=1S/C11H13BrN4/c12-8-5-14-11-15-10(7-16(11)6-8)4-9-2-1-3-13-9/h5-7,9,13H,1-4H2. The van der Waals surface area contributed by atoms with Gasteiger partial charge in [-0.1, -0.05) is 0 Å². The smallest absolute Gasteiger partial charge is 0.233 e. The van der Waals surface area contributed by atoms with Gasteiger partial charge in [-0.05, 0) is 35.3 Å². The lowest BCUT2D eigenvalue weighted by Gasteiger charge is -2.06. The molecule has 4 nitrogen and oxygen atoms in total. The van der Waals surface area contributed by atoms with Crippen LogP contribution in [0.4, 0.5) is 0 Å². The first kappa shape index (κ1) is 10.2. The second-order valence-electron chi connectivity index (χ2n) is 4.21. The molecule has 2 aromatic heterocycles. The molecule has 84 valence electrons. The molecule has 3 heterocycles. The van der Waals surface area contributed by atoms with Crippen molar-refractivity contribution in [2.45, 2.75) is 25.3 Å². The zero-order valence-corrected chi connectivity index (χ0v) is 10.4. The highest BCUT2D eigenvalue weighted by Crippen LogP contribution is 2.13. The minimum Gasteiger partial charge on any atom is -0.314 e. The Kier molecular flexibility index (Phi) is 2.65. The van der Waals surface area contributed by atoms with E-state index in [0.717, 1.165) is 28.9 Å². The first-order valence-corrected chi connectivity index (χ1v) is 6.33. The van der Waals surface area contributed by atoms with Crippen molar-refractivity contribution in [3.63, 3.8) is 0 Å². The highest BCUT2D eigenvalue weighted by molar-refractivity contribution is 9.10. The number of rotatable bonds is 2. The van der Waals surface area contributed by atoms with Gasteiger partial charge in [0.05, 0.1) is 10.2 Å². The van der Waals surface area contributed by atoms with Gasteiger partial charge >= 0.3 is 0 Å². The SMILES string of the molecule is Brc1cnc2nc(CC3CCCN3)cn2c1. The van der Waals surface area contributed by atoms with Crippen LogP contribution in [0.1, 0.15) is 18.5 Å². The van der Waals surface area contributed by atoms with E-state index in [9.17, 15) is 0 Å². The third kappa shape index (κ3) is 1.97. The Morgan fingerprint density at radius 3 is 3.25 bits per heavy atom. The number of imidazole rings is 1. The van der Waals surface area contributed by atoms with Crippen LogP contribution >= 0.6 is 15.9 Å². The number of halogens is 1. The van der Waals surface area contributed by atoms with Gasteiger partial charge in [-0.3, -0.25) is 4.40 Å². The summed E-state index contributed by atoms with van der Waals surface area (Å²) in [5, 5.41) is 3.48. The van der Waals surface area contributed by atoms with E-state index in [1.165, 1.54) is 12.8 Å². The highest BCUT2D eigenvalue weighted by atomic mass is 79.9. The largest absolute Gasteiger partial charge is 0.314 e. The topological polar surface area (TPSA) is 42.2 Å². The van der Waals surface area contributed by atoms with Crippen LogP contribution in [0.15, 0.2) is 23.1 Å². The van der Waals surface area contributed by atoms with Crippen molar-refractivity contribution >= 4 is 21.7 Å². The maximum atomic E-state index is 4.51. The normalized spacial score (nSPS) is 20.7. The van der Waals surface area contributed by atoms with Crippen LogP contribution in [0.2, 0.25) is 0 Å². The molecule has 0 saturated carbocycles. The van der Waals surface area contributed by atoms with Crippen molar-refractivity contribution in [3.8, 4) is 0 Å². The molecule has 2 aromatic rings. The summed E-state index contributed by atoms with van der Waals surface area (Å²) >= 11 is 3.41. The van der Waals surface area contributed by atoms with E-state index in [0.29, 0.717) is 6.04 Å². The lowest BCUT2D eigenvalue weighted by atomic mass is 10.1. The van der Waals surface area contributed by atoms with Gasteiger partial charge in [0.15, 0.2) is 0 Å². The molecule has 1 saturated heterocycles. The molecule has 1 N–H and O–H groups in total. The molecule has 0 amide bonds. The minimum absolute atomic E-state index is 0.591. The Morgan fingerprint density at radius 2 is 2.44 bits per heavy atom. The number of fused-ring (bicyclic) bond motifs is 1. The molecule has 0 aliphatic carbocycles. The van der Waals surface area contributed by atoms with Gasteiger partial charge in [0, 0.05) is 31.1 Å². The first-order valence-electron chi connectivity index (χ1n) is 5.54. The Bertz CT molecular complexity index is 502. The number of hydrogen-bond donors (Lipinski definition) is 1. The average molecular weight is 281 g/mol. The van der Waals surface area contributed by atoms with Crippen LogP contribution in [0.25, 0.3) is 5.78 Å². The fourth-order valence-corrected chi connectivity index (χ4v) is 2.51. The summed E-state index contributed by atoms with van der Waals surface area (Å²) in [5.41, 5.74) is 1.12. The minimum atomic E-state index is 0.591.